The summed E-state index contributed by atoms with van der Waals surface area (Å²) in [5, 5.41) is 15.0. The molecule has 0 saturated heterocycles. The Morgan fingerprint density at radius 2 is 2.07 bits per heavy atom. The summed E-state index contributed by atoms with van der Waals surface area (Å²) < 4.78 is 13.9. The number of benzene rings is 1. The summed E-state index contributed by atoms with van der Waals surface area (Å²) in [5.74, 6) is 0.774. The molecule has 0 unspecified atom stereocenters. The Balaban J connectivity index is 1.76. The fourth-order valence-electron chi connectivity index (χ4n) is 3.88. The molecule has 2 heterocycles. The van der Waals surface area contributed by atoms with Crippen LogP contribution in [0.3, 0.4) is 0 Å². The maximum atomic E-state index is 13.2. The fourth-order valence-corrected chi connectivity index (χ4v) is 4.26. The van der Waals surface area contributed by atoms with E-state index in [9.17, 15) is 4.79 Å². The van der Waals surface area contributed by atoms with Crippen molar-refractivity contribution in [3.63, 3.8) is 0 Å². The number of anilines is 1. The number of aromatic nitrogens is 4. The molecule has 1 aliphatic carbocycles. The van der Waals surface area contributed by atoms with Crippen molar-refractivity contribution in [3.8, 4) is 5.75 Å². The van der Waals surface area contributed by atoms with Crippen molar-refractivity contribution < 1.29 is 14.3 Å². The average molecular weight is 448 g/mol. The Kier molecular flexibility index (Phi) is 5.34. The van der Waals surface area contributed by atoms with Gasteiger partial charge in [-0.1, -0.05) is 27.4 Å². The minimum absolute atomic E-state index is 0.0399. The molecule has 0 bridgehead atoms. The van der Waals surface area contributed by atoms with Gasteiger partial charge >= 0.3 is 5.97 Å². The third kappa shape index (κ3) is 3.50. The predicted molar refractivity (Wildman–Crippen MR) is 106 cm³/mol. The van der Waals surface area contributed by atoms with Crippen LogP contribution >= 0.6 is 15.9 Å². The van der Waals surface area contributed by atoms with Crippen molar-refractivity contribution in [2.45, 2.75) is 51.2 Å². The van der Waals surface area contributed by atoms with Crippen LogP contribution in [0.15, 0.2) is 33.9 Å². The van der Waals surface area contributed by atoms with Gasteiger partial charge in [0.25, 0.3) is 0 Å². The molecular weight excluding hydrogens is 426 g/mol. The number of ether oxygens (including phenoxy) is 2. The zero-order valence-electron chi connectivity index (χ0n) is 15.8. The minimum atomic E-state index is -0.546. The van der Waals surface area contributed by atoms with Gasteiger partial charge in [0.1, 0.15) is 17.9 Å². The summed E-state index contributed by atoms with van der Waals surface area (Å²) >= 11 is 3.51. The second-order valence-corrected chi connectivity index (χ2v) is 7.98. The first-order valence-corrected chi connectivity index (χ1v) is 10.2. The third-order valence-electron chi connectivity index (χ3n) is 5.25. The number of esters is 1. The van der Waals surface area contributed by atoms with Gasteiger partial charge in [0.05, 0.1) is 12.7 Å². The Hall–Kier alpha value is -2.42. The Morgan fingerprint density at radius 1 is 1.29 bits per heavy atom. The van der Waals surface area contributed by atoms with Gasteiger partial charge < -0.3 is 14.8 Å². The van der Waals surface area contributed by atoms with Crippen LogP contribution in [0, 0.1) is 0 Å². The molecule has 1 aliphatic heterocycles. The van der Waals surface area contributed by atoms with E-state index in [-0.39, 0.29) is 12.1 Å². The van der Waals surface area contributed by atoms with Crippen LogP contribution in [0.5, 0.6) is 5.75 Å². The molecule has 1 N–H and O–H groups in total. The van der Waals surface area contributed by atoms with E-state index in [2.05, 4.69) is 36.8 Å². The number of tetrazole rings is 1. The number of hydrogen-bond acceptors (Lipinski definition) is 7. The lowest BCUT2D eigenvalue weighted by atomic mass is 9.94. The van der Waals surface area contributed by atoms with E-state index in [0.717, 1.165) is 35.7 Å². The molecule has 1 saturated carbocycles. The fraction of sp³-hybridized carbons (Fsp3) is 0.474. The normalized spacial score (nSPS) is 19.8. The van der Waals surface area contributed by atoms with Gasteiger partial charge in [-0.05, 0) is 61.2 Å². The second kappa shape index (κ2) is 7.90. The first-order valence-electron chi connectivity index (χ1n) is 9.38. The summed E-state index contributed by atoms with van der Waals surface area (Å²) in [6.07, 6.45) is 5.16. The van der Waals surface area contributed by atoms with Gasteiger partial charge in [0, 0.05) is 15.7 Å². The van der Waals surface area contributed by atoms with Crippen LogP contribution in [0.1, 0.15) is 50.6 Å². The Labute approximate surface area is 171 Å². The molecule has 148 valence electrons. The molecule has 1 aromatic heterocycles. The highest BCUT2D eigenvalue weighted by molar-refractivity contribution is 9.10. The lowest BCUT2D eigenvalue weighted by Gasteiger charge is -2.30. The smallest absolute Gasteiger partial charge is 0.338 e. The minimum Gasteiger partial charge on any atom is -0.496 e. The molecule has 1 atom stereocenters. The molecule has 2 aliphatic rings. The lowest BCUT2D eigenvalue weighted by molar-refractivity contribution is -0.146. The highest BCUT2D eigenvalue weighted by Gasteiger charge is 2.37. The van der Waals surface area contributed by atoms with Crippen molar-refractivity contribution in [1.82, 2.24) is 20.2 Å². The first-order chi connectivity index (χ1) is 13.6. The van der Waals surface area contributed by atoms with E-state index in [0.29, 0.717) is 23.0 Å². The predicted octanol–water partition coefficient (Wildman–Crippen LogP) is 3.61. The highest BCUT2D eigenvalue weighted by atomic mass is 79.9. The van der Waals surface area contributed by atoms with E-state index in [1.807, 2.05) is 25.1 Å². The standard InChI is InChI=1S/C19H22BrN5O3/c1-11-16(18(26)28-13-6-4-3-5-7-13)17(25-19(21-11)22-23-24-25)14-10-12(20)8-9-15(14)27-2/h8-10,13,17H,3-7H2,1-2H3,(H,21,22,24)/t17-/m1/s1. The monoisotopic (exact) mass is 447 g/mol. The van der Waals surface area contributed by atoms with E-state index >= 15 is 0 Å². The van der Waals surface area contributed by atoms with E-state index in [4.69, 9.17) is 9.47 Å². The average Bonchev–Trinajstić information content (AvgIpc) is 3.15. The SMILES string of the molecule is COc1ccc(Br)cc1[C@@H]1C(C(=O)OC2CCCCC2)=C(C)Nc2nnnn21. The molecule has 0 radical (unpaired) electrons. The number of nitrogens with zero attached hydrogens (tertiary/aromatic N) is 4. The van der Waals surface area contributed by atoms with Crippen LogP contribution in [0.25, 0.3) is 0 Å². The molecule has 9 heteroatoms. The number of hydrogen-bond donors (Lipinski definition) is 1. The number of methoxy groups -OCH3 is 1. The number of rotatable bonds is 4. The molecule has 0 amide bonds. The van der Waals surface area contributed by atoms with Crippen LogP contribution in [0.4, 0.5) is 5.95 Å². The molecule has 1 aromatic carbocycles. The largest absolute Gasteiger partial charge is 0.496 e. The van der Waals surface area contributed by atoms with Gasteiger partial charge in [-0.15, -0.1) is 0 Å². The van der Waals surface area contributed by atoms with Crippen LogP contribution < -0.4 is 10.1 Å². The molecule has 0 spiro atoms. The number of fused-ring (bicyclic) bond motifs is 1. The van der Waals surface area contributed by atoms with Crippen molar-refractivity contribution in [2.24, 2.45) is 0 Å². The summed E-state index contributed by atoms with van der Waals surface area (Å²) in [4.78, 5) is 13.2. The third-order valence-corrected chi connectivity index (χ3v) is 5.74. The zero-order valence-corrected chi connectivity index (χ0v) is 17.4. The van der Waals surface area contributed by atoms with Crippen LogP contribution in [-0.4, -0.2) is 39.4 Å². The van der Waals surface area contributed by atoms with Gasteiger partial charge in [-0.2, -0.15) is 4.68 Å². The van der Waals surface area contributed by atoms with Gasteiger partial charge in [-0.25, -0.2) is 4.79 Å². The maximum absolute atomic E-state index is 13.2. The Morgan fingerprint density at radius 3 is 2.82 bits per heavy atom. The van der Waals surface area contributed by atoms with E-state index < -0.39 is 6.04 Å². The molecule has 2 aromatic rings. The summed E-state index contributed by atoms with van der Waals surface area (Å²) in [5.41, 5.74) is 1.94. The van der Waals surface area contributed by atoms with E-state index in [1.54, 1.807) is 11.8 Å². The highest BCUT2D eigenvalue weighted by Crippen LogP contribution is 2.40. The van der Waals surface area contributed by atoms with Crippen molar-refractivity contribution in [3.05, 3.63) is 39.5 Å². The first kappa shape index (κ1) is 18.9. The van der Waals surface area contributed by atoms with Gasteiger partial charge in [0.2, 0.25) is 5.95 Å². The number of halogens is 1. The molecule has 1 fully saturated rings. The quantitative estimate of drug-likeness (QED) is 0.715. The van der Waals surface area contributed by atoms with Crippen LogP contribution in [-0.2, 0) is 9.53 Å². The Bertz CT molecular complexity index is 920. The number of carbonyl (C=O) groups excluding carboxylic acids is 1. The summed E-state index contributed by atoms with van der Waals surface area (Å²) in [6, 6.07) is 5.11. The number of allylic oxidation sites excluding steroid dienone is 1. The van der Waals surface area contributed by atoms with Gasteiger partial charge in [0.15, 0.2) is 0 Å². The maximum Gasteiger partial charge on any atom is 0.338 e. The second-order valence-electron chi connectivity index (χ2n) is 7.06. The van der Waals surface area contributed by atoms with Crippen molar-refractivity contribution in [1.29, 1.82) is 0 Å². The summed E-state index contributed by atoms with van der Waals surface area (Å²) in [7, 11) is 1.60. The zero-order chi connectivity index (χ0) is 19.7. The van der Waals surface area contributed by atoms with Crippen LogP contribution in [0.2, 0.25) is 0 Å². The molecular formula is C19H22BrN5O3. The van der Waals surface area contributed by atoms with Gasteiger partial charge in [-0.3, -0.25) is 0 Å². The molecule has 4 rings (SSSR count). The van der Waals surface area contributed by atoms with Crippen molar-refractivity contribution in [2.75, 3.05) is 12.4 Å². The number of nitrogens with one attached hydrogen (secondary N) is 1. The lowest BCUT2D eigenvalue weighted by Crippen LogP contribution is -2.32. The number of carbonyl (C=O) groups is 1. The summed E-state index contributed by atoms with van der Waals surface area (Å²) in [6.45, 7) is 1.84. The van der Waals surface area contributed by atoms with E-state index in [1.165, 1.54) is 6.42 Å². The van der Waals surface area contributed by atoms with Crippen molar-refractivity contribution >= 4 is 27.8 Å². The molecule has 28 heavy (non-hydrogen) atoms. The molecule has 8 nitrogen and oxygen atoms in total. The topological polar surface area (TPSA) is 91.2 Å².